The molecule has 2 aliphatic rings. The molecule has 3 heteroatoms. The van der Waals surface area contributed by atoms with Gasteiger partial charge in [-0.3, -0.25) is 0 Å². The Bertz CT molecular complexity index is 401. The molecule has 0 bridgehead atoms. The molecule has 15 heavy (non-hydrogen) atoms. The summed E-state index contributed by atoms with van der Waals surface area (Å²) < 4.78 is 2.42. The molecule has 1 atom stereocenters. The fourth-order valence-electron chi connectivity index (χ4n) is 3.06. The molecule has 0 saturated heterocycles. The van der Waals surface area contributed by atoms with Gasteiger partial charge in [0, 0.05) is 11.2 Å². The van der Waals surface area contributed by atoms with Crippen LogP contribution in [0.25, 0.3) is 0 Å². The van der Waals surface area contributed by atoms with E-state index in [2.05, 4.69) is 23.4 Å². The Kier molecular flexibility index (Phi) is 1.78. The number of hydrogen-bond acceptors (Lipinski definition) is 2. The lowest BCUT2D eigenvalue weighted by atomic mass is 9.94. The minimum Gasteiger partial charge on any atom is -0.327 e. The first-order valence-electron chi connectivity index (χ1n) is 5.95. The van der Waals surface area contributed by atoms with Crippen LogP contribution in [-0.2, 0) is 6.42 Å². The number of rotatable bonds is 1. The summed E-state index contributed by atoms with van der Waals surface area (Å²) in [6.45, 7) is 4.23. The van der Waals surface area contributed by atoms with Crippen molar-refractivity contribution in [3.63, 3.8) is 0 Å². The fraction of sp³-hybridized carbons (Fsp3) is 0.750. The van der Waals surface area contributed by atoms with Crippen molar-refractivity contribution in [2.45, 2.75) is 57.5 Å². The van der Waals surface area contributed by atoms with E-state index in [1.54, 1.807) is 0 Å². The SMILES string of the molecule is Cc1nc(C)n2c1CCCC2C1(N)CC1. The van der Waals surface area contributed by atoms with Crippen LogP contribution >= 0.6 is 0 Å². The van der Waals surface area contributed by atoms with Crippen molar-refractivity contribution >= 4 is 0 Å². The van der Waals surface area contributed by atoms with E-state index in [1.807, 2.05) is 0 Å². The molecule has 0 aromatic carbocycles. The van der Waals surface area contributed by atoms with Gasteiger partial charge in [0.15, 0.2) is 0 Å². The van der Waals surface area contributed by atoms with Crippen molar-refractivity contribution in [1.82, 2.24) is 9.55 Å². The quantitative estimate of drug-likeness (QED) is 0.760. The maximum Gasteiger partial charge on any atom is 0.106 e. The maximum absolute atomic E-state index is 6.37. The zero-order valence-corrected chi connectivity index (χ0v) is 9.58. The number of nitrogens with two attached hydrogens (primary N) is 1. The van der Waals surface area contributed by atoms with Gasteiger partial charge < -0.3 is 10.3 Å². The zero-order valence-electron chi connectivity index (χ0n) is 9.58. The molecule has 0 amide bonds. The van der Waals surface area contributed by atoms with Crippen LogP contribution in [0.3, 0.4) is 0 Å². The van der Waals surface area contributed by atoms with Crippen LogP contribution in [-0.4, -0.2) is 15.1 Å². The van der Waals surface area contributed by atoms with Gasteiger partial charge in [-0.25, -0.2) is 4.98 Å². The molecule has 0 radical (unpaired) electrons. The molecule has 1 aliphatic heterocycles. The first-order chi connectivity index (χ1) is 7.12. The van der Waals surface area contributed by atoms with Gasteiger partial charge in [0.1, 0.15) is 5.82 Å². The monoisotopic (exact) mass is 205 g/mol. The Morgan fingerprint density at radius 1 is 1.40 bits per heavy atom. The van der Waals surface area contributed by atoms with Crippen molar-refractivity contribution < 1.29 is 0 Å². The summed E-state index contributed by atoms with van der Waals surface area (Å²) in [6, 6.07) is 0.516. The van der Waals surface area contributed by atoms with E-state index in [4.69, 9.17) is 5.73 Å². The molecule has 3 rings (SSSR count). The molecule has 1 unspecified atom stereocenters. The van der Waals surface area contributed by atoms with Gasteiger partial charge in [0.2, 0.25) is 0 Å². The third-order valence-electron chi connectivity index (χ3n) is 4.08. The van der Waals surface area contributed by atoms with Crippen LogP contribution < -0.4 is 5.73 Å². The highest BCUT2D eigenvalue weighted by Gasteiger charge is 2.48. The average molecular weight is 205 g/mol. The second-order valence-electron chi connectivity index (χ2n) is 5.20. The second-order valence-corrected chi connectivity index (χ2v) is 5.20. The van der Waals surface area contributed by atoms with Crippen molar-refractivity contribution in [3.8, 4) is 0 Å². The number of imidazole rings is 1. The predicted octanol–water partition coefficient (Wildman–Crippen LogP) is 1.87. The van der Waals surface area contributed by atoms with Gasteiger partial charge in [-0.05, 0) is 46.0 Å². The molecule has 2 heterocycles. The van der Waals surface area contributed by atoms with Gasteiger partial charge in [-0.1, -0.05) is 0 Å². The number of hydrogen-bond donors (Lipinski definition) is 1. The number of fused-ring (bicyclic) bond motifs is 1. The molecule has 82 valence electrons. The van der Waals surface area contributed by atoms with E-state index in [9.17, 15) is 0 Å². The highest BCUT2D eigenvalue weighted by molar-refractivity contribution is 5.22. The molecule has 1 aliphatic carbocycles. The Morgan fingerprint density at radius 3 is 2.80 bits per heavy atom. The van der Waals surface area contributed by atoms with Crippen LogP contribution in [0.2, 0.25) is 0 Å². The first-order valence-corrected chi connectivity index (χ1v) is 5.95. The third-order valence-corrected chi connectivity index (χ3v) is 4.08. The molecule has 3 nitrogen and oxygen atoms in total. The molecule has 1 aromatic heterocycles. The normalized spacial score (nSPS) is 27.5. The van der Waals surface area contributed by atoms with Crippen LogP contribution in [0.4, 0.5) is 0 Å². The predicted molar refractivity (Wildman–Crippen MR) is 59.8 cm³/mol. The first kappa shape index (κ1) is 9.40. The van der Waals surface area contributed by atoms with E-state index in [-0.39, 0.29) is 5.54 Å². The summed E-state index contributed by atoms with van der Waals surface area (Å²) in [5, 5.41) is 0. The Hall–Kier alpha value is -0.830. The molecule has 0 spiro atoms. The largest absolute Gasteiger partial charge is 0.327 e. The lowest BCUT2D eigenvalue weighted by molar-refractivity contribution is 0.321. The number of aromatic nitrogens is 2. The summed E-state index contributed by atoms with van der Waals surface area (Å²) in [6.07, 6.45) is 6.07. The van der Waals surface area contributed by atoms with Crippen LogP contribution in [0.1, 0.15) is 48.9 Å². The van der Waals surface area contributed by atoms with Gasteiger partial charge in [-0.2, -0.15) is 0 Å². The highest BCUT2D eigenvalue weighted by atomic mass is 15.2. The molecule has 1 saturated carbocycles. The van der Waals surface area contributed by atoms with E-state index >= 15 is 0 Å². The summed E-state index contributed by atoms with van der Waals surface area (Å²) in [7, 11) is 0. The lowest BCUT2D eigenvalue weighted by Gasteiger charge is -2.32. The zero-order chi connectivity index (χ0) is 10.6. The fourth-order valence-corrected chi connectivity index (χ4v) is 3.06. The highest BCUT2D eigenvalue weighted by Crippen LogP contribution is 2.47. The molecular weight excluding hydrogens is 186 g/mol. The van der Waals surface area contributed by atoms with Gasteiger partial charge in [0.05, 0.1) is 11.7 Å². The van der Waals surface area contributed by atoms with Gasteiger partial charge >= 0.3 is 0 Å². The van der Waals surface area contributed by atoms with Crippen LogP contribution in [0, 0.1) is 13.8 Å². The van der Waals surface area contributed by atoms with Crippen molar-refractivity contribution in [2.75, 3.05) is 0 Å². The minimum absolute atomic E-state index is 0.0903. The van der Waals surface area contributed by atoms with E-state index in [0.29, 0.717) is 6.04 Å². The molecule has 1 aromatic rings. The lowest BCUT2D eigenvalue weighted by Crippen LogP contribution is -2.37. The maximum atomic E-state index is 6.37. The standard InChI is InChI=1S/C12H19N3/c1-8-10-4-3-5-11(12(13)6-7-12)15(10)9(2)14-8/h11H,3-7,13H2,1-2H3. The third kappa shape index (κ3) is 1.26. The van der Waals surface area contributed by atoms with Gasteiger partial charge in [0.25, 0.3) is 0 Å². The molecule has 2 N–H and O–H groups in total. The van der Waals surface area contributed by atoms with Crippen LogP contribution in [0.15, 0.2) is 0 Å². The summed E-state index contributed by atoms with van der Waals surface area (Å²) in [5.41, 5.74) is 9.10. The Morgan fingerprint density at radius 2 is 2.13 bits per heavy atom. The average Bonchev–Trinajstić information content (AvgIpc) is 2.89. The number of nitrogens with zero attached hydrogens (tertiary/aromatic N) is 2. The van der Waals surface area contributed by atoms with Crippen molar-refractivity contribution in [2.24, 2.45) is 5.73 Å². The van der Waals surface area contributed by atoms with Crippen molar-refractivity contribution in [3.05, 3.63) is 17.2 Å². The van der Waals surface area contributed by atoms with Gasteiger partial charge in [-0.15, -0.1) is 0 Å². The smallest absolute Gasteiger partial charge is 0.106 e. The summed E-state index contributed by atoms with van der Waals surface area (Å²) in [4.78, 5) is 4.59. The van der Waals surface area contributed by atoms with E-state index in [0.717, 1.165) is 5.82 Å². The Labute approximate surface area is 90.7 Å². The summed E-state index contributed by atoms with van der Waals surface area (Å²) >= 11 is 0. The molecule has 1 fully saturated rings. The second kappa shape index (κ2) is 2.85. The number of aryl methyl sites for hydroxylation is 2. The minimum atomic E-state index is 0.0903. The van der Waals surface area contributed by atoms with Crippen molar-refractivity contribution in [1.29, 1.82) is 0 Å². The summed E-state index contributed by atoms with van der Waals surface area (Å²) in [5.74, 6) is 1.16. The topological polar surface area (TPSA) is 43.8 Å². The van der Waals surface area contributed by atoms with E-state index < -0.39 is 0 Å². The van der Waals surface area contributed by atoms with E-state index in [1.165, 1.54) is 43.5 Å². The Balaban J connectivity index is 2.09. The van der Waals surface area contributed by atoms with Crippen LogP contribution in [0.5, 0.6) is 0 Å². The molecular formula is C12H19N3.